The quantitative estimate of drug-likeness (QED) is 0.158. The lowest BCUT2D eigenvalue weighted by Crippen LogP contribution is -1.96. The van der Waals surface area contributed by atoms with Gasteiger partial charge in [-0.15, -0.1) is 0 Å². The van der Waals surface area contributed by atoms with E-state index in [4.69, 9.17) is 0 Å². The molecule has 0 unspecified atom stereocenters. The first-order chi connectivity index (χ1) is 30.2. The van der Waals surface area contributed by atoms with Crippen LogP contribution in [0.15, 0.2) is 231 Å². The predicted octanol–water partition coefficient (Wildman–Crippen LogP) is 16.2. The monoisotopic (exact) mass is 777 g/mol. The molecular formula is C60H43N. The van der Waals surface area contributed by atoms with Crippen molar-refractivity contribution in [3.63, 3.8) is 0 Å². The van der Waals surface area contributed by atoms with E-state index in [1.807, 2.05) is 0 Å². The molecule has 0 bridgehead atoms. The van der Waals surface area contributed by atoms with Crippen molar-refractivity contribution in [1.82, 2.24) is 4.57 Å². The fourth-order valence-electron chi connectivity index (χ4n) is 9.30. The highest BCUT2D eigenvalue weighted by Gasteiger charge is 2.29. The second-order valence-electron chi connectivity index (χ2n) is 16.2. The van der Waals surface area contributed by atoms with Gasteiger partial charge in [0, 0.05) is 22.2 Å². The minimum atomic E-state index is 0.921. The van der Waals surface area contributed by atoms with Gasteiger partial charge < -0.3 is 4.57 Å². The van der Waals surface area contributed by atoms with E-state index in [9.17, 15) is 0 Å². The molecule has 1 nitrogen and oxygen atoms in total. The summed E-state index contributed by atoms with van der Waals surface area (Å²) in [6, 6.07) is 83.5. The minimum Gasteiger partial charge on any atom is -0.309 e. The Bertz CT molecular complexity index is 3330. The molecule has 1 aliphatic carbocycles. The standard InChI is InChI=1S/C43H29N.C17H14/c1-3-9-31(10-4-1)32-21-17-29(18-22-32)27-30-19-23-33(24-20-30)35-25-26-40-39(28-35)42-37-15-7-11-34-12-8-16-38(41(34)37)43(42)44(40)36-13-5-2-6-14-36;1-13-9-11-15(12-10-13)17-8-4-6-14-5-2-3-7-16(14)17/h1-26,28H,27H2;2-12H,1H3. The maximum Gasteiger partial charge on any atom is 0.0626 e. The van der Waals surface area contributed by atoms with Crippen molar-refractivity contribution in [2.75, 3.05) is 0 Å². The highest BCUT2D eigenvalue weighted by atomic mass is 15.0. The molecule has 0 saturated heterocycles. The molecule has 1 heterocycles. The molecule has 1 aliphatic rings. The molecule has 1 aromatic heterocycles. The van der Waals surface area contributed by atoms with Crippen molar-refractivity contribution in [3.05, 3.63) is 247 Å². The van der Waals surface area contributed by atoms with Crippen molar-refractivity contribution in [1.29, 1.82) is 0 Å². The van der Waals surface area contributed by atoms with E-state index in [1.165, 1.54) is 111 Å². The lowest BCUT2D eigenvalue weighted by molar-refractivity contribution is 1.14. The summed E-state index contributed by atoms with van der Waals surface area (Å²) in [6.45, 7) is 2.12. The van der Waals surface area contributed by atoms with Crippen molar-refractivity contribution >= 4 is 32.4 Å². The van der Waals surface area contributed by atoms with Crippen molar-refractivity contribution in [2.24, 2.45) is 0 Å². The fourth-order valence-corrected chi connectivity index (χ4v) is 9.30. The van der Waals surface area contributed by atoms with E-state index in [2.05, 4.69) is 242 Å². The number of aryl methyl sites for hydroxylation is 1. The number of para-hydroxylation sites is 1. The molecule has 0 aliphatic heterocycles. The smallest absolute Gasteiger partial charge is 0.0626 e. The Labute approximate surface area is 357 Å². The second kappa shape index (κ2) is 15.5. The Balaban J connectivity index is 0.000000207. The van der Waals surface area contributed by atoms with Crippen LogP contribution in [0.1, 0.15) is 16.7 Å². The average molecular weight is 778 g/mol. The topological polar surface area (TPSA) is 4.93 Å². The highest BCUT2D eigenvalue weighted by Crippen LogP contribution is 2.53. The third kappa shape index (κ3) is 6.71. The molecule has 10 aromatic carbocycles. The molecule has 0 saturated carbocycles. The molecule has 61 heavy (non-hydrogen) atoms. The first-order valence-corrected chi connectivity index (χ1v) is 21.2. The maximum atomic E-state index is 2.45. The number of nitrogens with zero attached hydrogens (tertiary/aromatic N) is 1. The average Bonchev–Trinajstić information content (AvgIpc) is 3.84. The lowest BCUT2D eigenvalue weighted by Gasteiger charge is -2.12. The van der Waals surface area contributed by atoms with Gasteiger partial charge in [0.2, 0.25) is 0 Å². The molecule has 0 radical (unpaired) electrons. The molecule has 0 N–H and O–H groups in total. The summed E-state index contributed by atoms with van der Waals surface area (Å²) in [6.07, 6.45) is 0.921. The number of aromatic nitrogens is 1. The van der Waals surface area contributed by atoms with Crippen LogP contribution in [0.4, 0.5) is 0 Å². The predicted molar refractivity (Wildman–Crippen MR) is 259 cm³/mol. The molecule has 12 rings (SSSR count). The number of hydrogen-bond acceptors (Lipinski definition) is 0. The molecule has 1 heteroatoms. The summed E-state index contributed by atoms with van der Waals surface area (Å²) in [5.74, 6) is 0. The van der Waals surface area contributed by atoms with Crippen molar-refractivity contribution < 1.29 is 0 Å². The first kappa shape index (κ1) is 36.3. The number of benzene rings is 10. The van der Waals surface area contributed by atoms with Crippen LogP contribution in [0.5, 0.6) is 0 Å². The van der Waals surface area contributed by atoms with Gasteiger partial charge in [0.15, 0.2) is 0 Å². The van der Waals surface area contributed by atoms with Gasteiger partial charge in [-0.1, -0.05) is 212 Å². The summed E-state index contributed by atoms with van der Waals surface area (Å²) in [4.78, 5) is 0. The Morgan fingerprint density at radius 3 is 1.59 bits per heavy atom. The molecule has 0 atom stereocenters. The van der Waals surface area contributed by atoms with Gasteiger partial charge in [-0.25, -0.2) is 0 Å². The third-order valence-electron chi connectivity index (χ3n) is 12.3. The van der Waals surface area contributed by atoms with Crippen LogP contribution >= 0.6 is 0 Å². The van der Waals surface area contributed by atoms with Gasteiger partial charge >= 0.3 is 0 Å². The minimum absolute atomic E-state index is 0.921. The molecule has 0 fully saturated rings. The van der Waals surface area contributed by atoms with E-state index in [0.717, 1.165) is 6.42 Å². The molecule has 11 aromatic rings. The van der Waals surface area contributed by atoms with Gasteiger partial charge in [0.25, 0.3) is 0 Å². The zero-order valence-corrected chi connectivity index (χ0v) is 34.1. The van der Waals surface area contributed by atoms with Crippen LogP contribution < -0.4 is 0 Å². The fraction of sp³-hybridized carbons (Fsp3) is 0.0333. The first-order valence-electron chi connectivity index (χ1n) is 21.2. The molecular weight excluding hydrogens is 735 g/mol. The van der Waals surface area contributed by atoms with Crippen LogP contribution in [-0.2, 0) is 6.42 Å². The SMILES string of the molecule is Cc1ccc(-c2cccc3ccccc23)cc1.c1ccc(-c2ccc(Cc3ccc(-c4ccc5c(c4)c4c(n5-c5ccccc5)-c5cccc6cccc-4c56)cc3)cc2)cc1. The summed E-state index contributed by atoms with van der Waals surface area (Å²) in [5.41, 5.74) is 19.3. The zero-order chi connectivity index (χ0) is 40.7. The van der Waals surface area contributed by atoms with E-state index < -0.39 is 0 Å². The van der Waals surface area contributed by atoms with Gasteiger partial charge in [-0.2, -0.15) is 0 Å². The largest absolute Gasteiger partial charge is 0.309 e. The highest BCUT2D eigenvalue weighted by molar-refractivity contribution is 6.22. The maximum absolute atomic E-state index is 2.45. The van der Waals surface area contributed by atoms with Crippen LogP contribution in [0.2, 0.25) is 0 Å². The Morgan fingerprint density at radius 1 is 0.361 bits per heavy atom. The lowest BCUT2D eigenvalue weighted by atomic mass is 9.97. The van der Waals surface area contributed by atoms with Crippen LogP contribution in [0.3, 0.4) is 0 Å². The number of rotatable bonds is 6. The molecule has 0 amide bonds. The Hall–Kier alpha value is -7.74. The van der Waals surface area contributed by atoms with Gasteiger partial charge in [0.05, 0.1) is 11.2 Å². The summed E-state index contributed by atoms with van der Waals surface area (Å²) < 4.78 is 2.45. The van der Waals surface area contributed by atoms with E-state index in [0.29, 0.717) is 0 Å². The van der Waals surface area contributed by atoms with Crippen LogP contribution in [0.25, 0.3) is 93.9 Å². The van der Waals surface area contributed by atoms with Crippen molar-refractivity contribution in [3.8, 4) is 61.5 Å². The zero-order valence-electron chi connectivity index (χ0n) is 34.1. The number of fused-ring (bicyclic) bond motifs is 6. The van der Waals surface area contributed by atoms with Gasteiger partial charge in [0.1, 0.15) is 0 Å². The normalized spacial score (nSPS) is 11.4. The van der Waals surface area contributed by atoms with E-state index in [-0.39, 0.29) is 0 Å². The second-order valence-corrected chi connectivity index (χ2v) is 16.2. The van der Waals surface area contributed by atoms with Gasteiger partial charge in [-0.05, 0) is 109 Å². The van der Waals surface area contributed by atoms with Gasteiger partial charge in [-0.3, -0.25) is 0 Å². The van der Waals surface area contributed by atoms with Crippen LogP contribution in [-0.4, -0.2) is 4.57 Å². The Morgan fingerprint density at radius 2 is 0.885 bits per heavy atom. The van der Waals surface area contributed by atoms with Crippen molar-refractivity contribution in [2.45, 2.75) is 13.3 Å². The summed E-state index contributed by atoms with van der Waals surface area (Å²) >= 11 is 0. The summed E-state index contributed by atoms with van der Waals surface area (Å²) in [5, 5.41) is 6.57. The van der Waals surface area contributed by atoms with Crippen LogP contribution in [0, 0.1) is 6.92 Å². The Kier molecular flexibility index (Phi) is 9.21. The molecule has 0 spiro atoms. The van der Waals surface area contributed by atoms with E-state index in [1.54, 1.807) is 0 Å². The number of hydrogen-bond donors (Lipinski definition) is 0. The summed E-state index contributed by atoms with van der Waals surface area (Å²) in [7, 11) is 0. The molecule has 288 valence electrons. The third-order valence-corrected chi connectivity index (χ3v) is 12.3. The van der Waals surface area contributed by atoms with E-state index >= 15 is 0 Å².